The lowest BCUT2D eigenvalue weighted by Crippen LogP contribution is -2.46. The third kappa shape index (κ3) is 4.63. The molecular weight excluding hydrogens is 234 g/mol. The van der Waals surface area contributed by atoms with Crippen molar-refractivity contribution in [1.29, 1.82) is 0 Å². The summed E-state index contributed by atoms with van der Waals surface area (Å²) in [7, 11) is 0. The Bertz CT molecular complexity index is 317. The molecule has 1 aliphatic heterocycles. The Hall–Kier alpha value is -0.620. The lowest BCUT2D eigenvalue weighted by Gasteiger charge is -2.28. The van der Waals surface area contributed by atoms with Crippen LogP contribution in [0.2, 0.25) is 0 Å². The third-order valence-electron chi connectivity index (χ3n) is 2.77. The SMILES string of the molecule is OC(CSc1ccncc1)CN1CCNCC1. The van der Waals surface area contributed by atoms with Crippen LogP contribution in [0.25, 0.3) is 0 Å². The number of thioether (sulfide) groups is 1. The van der Waals surface area contributed by atoms with Gasteiger partial charge in [-0.2, -0.15) is 0 Å². The fourth-order valence-corrected chi connectivity index (χ4v) is 2.68. The van der Waals surface area contributed by atoms with Crippen molar-refractivity contribution >= 4 is 11.8 Å². The zero-order valence-electron chi connectivity index (χ0n) is 9.88. The molecule has 0 aromatic carbocycles. The van der Waals surface area contributed by atoms with Gasteiger partial charge in [0.15, 0.2) is 0 Å². The van der Waals surface area contributed by atoms with Gasteiger partial charge in [-0.25, -0.2) is 0 Å². The van der Waals surface area contributed by atoms with E-state index < -0.39 is 0 Å². The summed E-state index contributed by atoms with van der Waals surface area (Å²) in [5.74, 6) is 0.744. The molecule has 1 saturated heterocycles. The monoisotopic (exact) mass is 253 g/mol. The van der Waals surface area contributed by atoms with E-state index in [1.165, 1.54) is 4.90 Å². The molecule has 1 aromatic heterocycles. The van der Waals surface area contributed by atoms with Gasteiger partial charge in [-0.3, -0.25) is 9.88 Å². The maximum atomic E-state index is 9.96. The minimum atomic E-state index is -0.258. The van der Waals surface area contributed by atoms with Gasteiger partial charge in [0.05, 0.1) is 6.10 Å². The first-order valence-electron chi connectivity index (χ1n) is 5.98. The Balaban J connectivity index is 1.68. The van der Waals surface area contributed by atoms with E-state index in [1.807, 2.05) is 12.1 Å². The van der Waals surface area contributed by atoms with E-state index in [4.69, 9.17) is 0 Å². The highest BCUT2D eigenvalue weighted by molar-refractivity contribution is 7.99. The first kappa shape index (κ1) is 12.8. The van der Waals surface area contributed by atoms with Crippen LogP contribution in [0.5, 0.6) is 0 Å². The lowest BCUT2D eigenvalue weighted by atomic mass is 10.3. The number of aromatic nitrogens is 1. The van der Waals surface area contributed by atoms with Gasteiger partial charge in [-0.05, 0) is 12.1 Å². The van der Waals surface area contributed by atoms with Gasteiger partial charge in [0.1, 0.15) is 0 Å². The van der Waals surface area contributed by atoms with Crippen LogP contribution in [0.4, 0.5) is 0 Å². The zero-order valence-corrected chi connectivity index (χ0v) is 10.7. The molecule has 4 nitrogen and oxygen atoms in total. The molecule has 2 heterocycles. The molecule has 1 atom stereocenters. The van der Waals surface area contributed by atoms with Gasteiger partial charge in [-0.1, -0.05) is 0 Å². The normalized spacial score (nSPS) is 19.1. The van der Waals surface area contributed by atoms with Crippen LogP contribution in [0.1, 0.15) is 0 Å². The summed E-state index contributed by atoms with van der Waals surface area (Å²) >= 11 is 1.68. The van der Waals surface area contributed by atoms with Crippen LogP contribution in [0.3, 0.4) is 0 Å². The van der Waals surface area contributed by atoms with Gasteiger partial charge in [0, 0.05) is 55.8 Å². The van der Waals surface area contributed by atoms with Crippen molar-refractivity contribution in [2.24, 2.45) is 0 Å². The molecule has 1 fully saturated rings. The number of aliphatic hydroxyl groups is 1. The van der Waals surface area contributed by atoms with Crippen LogP contribution in [0, 0.1) is 0 Å². The lowest BCUT2D eigenvalue weighted by molar-refractivity contribution is 0.121. The molecule has 2 rings (SSSR count). The minimum Gasteiger partial charge on any atom is -0.391 e. The summed E-state index contributed by atoms with van der Waals surface area (Å²) in [5, 5.41) is 13.3. The molecule has 94 valence electrons. The quantitative estimate of drug-likeness (QED) is 0.746. The first-order valence-corrected chi connectivity index (χ1v) is 6.97. The molecule has 0 bridgehead atoms. The summed E-state index contributed by atoms with van der Waals surface area (Å²) in [4.78, 5) is 7.45. The van der Waals surface area contributed by atoms with E-state index in [-0.39, 0.29) is 6.10 Å². The second-order valence-corrected chi connectivity index (χ2v) is 5.29. The van der Waals surface area contributed by atoms with Crippen molar-refractivity contribution in [2.75, 3.05) is 38.5 Å². The second kappa shape index (κ2) is 6.96. The van der Waals surface area contributed by atoms with Gasteiger partial charge in [-0.15, -0.1) is 11.8 Å². The molecule has 1 unspecified atom stereocenters. The van der Waals surface area contributed by atoms with Crippen molar-refractivity contribution in [1.82, 2.24) is 15.2 Å². The van der Waals surface area contributed by atoms with E-state index in [9.17, 15) is 5.11 Å². The highest BCUT2D eigenvalue weighted by Crippen LogP contribution is 2.17. The van der Waals surface area contributed by atoms with Gasteiger partial charge in [0.2, 0.25) is 0 Å². The Morgan fingerprint density at radius 3 is 2.76 bits per heavy atom. The summed E-state index contributed by atoms with van der Waals surface area (Å²) in [6.07, 6.45) is 3.31. The van der Waals surface area contributed by atoms with Crippen LogP contribution >= 0.6 is 11.8 Å². The Morgan fingerprint density at radius 2 is 2.06 bits per heavy atom. The Kier molecular flexibility index (Phi) is 5.25. The van der Waals surface area contributed by atoms with Crippen molar-refractivity contribution in [2.45, 2.75) is 11.0 Å². The number of hydrogen-bond acceptors (Lipinski definition) is 5. The maximum Gasteiger partial charge on any atom is 0.0760 e. The minimum absolute atomic E-state index is 0.258. The summed E-state index contributed by atoms with van der Waals surface area (Å²) in [6, 6.07) is 3.95. The molecule has 1 aromatic rings. The molecule has 2 N–H and O–H groups in total. The largest absolute Gasteiger partial charge is 0.391 e. The van der Waals surface area contributed by atoms with Gasteiger partial charge < -0.3 is 10.4 Å². The number of aliphatic hydroxyl groups excluding tert-OH is 1. The maximum absolute atomic E-state index is 9.96. The van der Waals surface area contributed by atoms with Crippen LogP contribution in [0.15, 0.2) is 29.4 Å². The first-order chi connectivity index (χ1) is 8.34. The number of rotatable bonds is 5. The Labute approximate surface area is 106 Å². The topological polar surface area (TPSA) is 48.4 Å². The van der Waals surface area contributed by atoms with Gasteiger partial charge >= 0.3 is 0 Å². The molecule has 0 aliphatic carbocycles. The number of pyridine rings is 1. The number of piperazine rings is 1. The van der Waals surface area contributed by atoms with E-state index in [0.717, 1.165) is 38.5 Å². The molecule has 0 amide bonds. The van der Waals surface area contributed by atoms with Crippen molar-refractivity contribution in [3.8, 4) is 0 Å². The van der Waals surface area contributed by atoms with Crippen LogP contribution in [-0.2, 0) is 0 Å². The second-order valence-electron chi connectivity index (χ2n) is 4.20. The average molecular weight is 253 g/mol. The fourth-order valence-electron chi connectivity index (χ4n) is 1.87. The highest BCUT2D eigenvalue weighted by atomic mass is 32.2. The van der Waals surface area contributed by atoms with Gasteiger partial charge in [0.25, 0.3) is 0 Å². The molecular formula is C12H19N3OS. The van der Waals surface area contributed by atoms with Crippen molar-refractivity contribution in [3.63, 3.8) is 0 Å². The molecule has 0 spiro atoms. The number of β-amino-alcohol motifs (C(OH)–C–C–N with tert-alkyl or cyclic N) is 1. The number of hydrogen-bond donors (Lipinski definition) is 2. The summed E-state index contributed by atoms with van der Waals surface area (Å²) < 4.78 is 0. The van der Waals surface area contributed by atoms with E-state index in [2.05, 4.69) is 15.2 Å². The van der Waals surface area contributed by atoms with Crippen LogP contribution in [-0.4, -0.2) is 59.6 Å². The predicted molar refractivity (Wildman–Crippen MR) is 70.3 cm³/mol. The van der Waals surface area contributed by atoms with E-state index >= 15 is 0 Å². The Morgan fingerprint density at radius 1 is 1.35 bits per heavy atom. The molecule has 5 heteroatoms. The number of nitrogens with one attached hydrogen (secondary N) is 1. The molecule has 0 saturated carbocycles. The summed E-state index contributed by atoms with van der Waals surface area (Å²) in [6.45, 7) is 4.92. The standard InChI is InChI=1S/C12H19N3OS/c16-11(9-15-7-5-14-6-8-15)10-17-12-1-3-13-4-2-12/h1-4,11,14,16H,5-10H2. The zero-order chi connectivity index (χ0) is 11.9. The molecule has 0 radical (unpaired) electrons. The van der Waals surface area contributed by atoms with E-state index in [1.54, 1.807) is 24.2 Å². The molecule has 17 heavy (non-hydrogen) atoms. The van der Waals surface area contributed by atoms with Crippen molar-refractivity contribution in [3.05, 3.63) is 24.5 Å². The smallest absolute Gasteiger partial charge is 0.0760 e. The third-order valence-corrected chi connectivity index (χ3v) is 3.93. The number of nitrogens with zero attached hydrogens (tertiary/aromatic N) is 2. The van der Waals surface area contributed by atoms with E-state index in [0.29, 0.717) is 0 Å². The molecule has 1 aliphatic rings. The predicted octanol–water partition coefficient (Wildman–Crippen LogP) is 0.440. The van der Waals surface area contributed by atoms with Crippen LogP contribution < -0.4 is 5.32 Å². The summed E-state index contributed by atoms with van der Waals surface area (Å²) in [5.41, 5.74) is 0. The van der Waals surface area contributed by atoms with Crippen molar-refractivity contribution < 1.29 is 5.11 Å². The highest BCUT2D eigenvalue weighted by Gasteiger charge is 2.14. The average Bonchev–Trinajstić information content (AvgIpc) is 2.39. The fraction of sp³-hybridized carbons (Fsp3) is 0.583.